The van der Waals surface area contributed by atoms with Gasteiger partial charge in [-0.05, 0) is 48.7 Å². The summed E-state index contributed by atoms with van der Waals surface area (Å²) in [6.07, 6.45) is -5.07. The van der Waals surface area contributed by atoms with Crippen molar-refractivity contribution in [1.29, 1.82) is 0 Å². The Hall–Kier alpha value is -3.95. The molecule has 1 saturated heterocycles. The van der Waals surface area contributed by atoms with Crippen LogP contribution in [0.15, 0.2) is 42.5 Å². The van der Waals surface area contributed by atoms with Crippen molar-refractivity contribution in [2.45, 2.75) is 31.4 Å². The smallest absolute Gasteiger partial charge is 0.406 e. The van der Waals surface area contributed by atoms with Crippen LogP contribution in [0.5, 0.6) is 5.75 Å². The Balaban J connectivity index is 1.55. The Morgan fingerprint density at radius 3 is 2.62 bits per heavy atom. The molecule has 1 aromatic heterocycles. The van der Waals surface area contributed by atoms with Gasteiger partial charge in [0, 0.05) is 37.8 Å². The zero-order valence-electron chi connectivity index (χ0n) is 23.7. The van der Waals surface area contributed by atoms with Gasteiger partial charge in [0.2, 0.25) is 0 Å². The molecular weight excluding hydrogens is 556 g/mol. The van der Waals surface area contributed by atoms with Gasteiger partial charge in [0.25, 0.3) is 0 Å². The lowest BCUT2D eigenvalue weighted by Gasteiger charge is -2.35. The SMILES string of the molecule is COCCN1CC[C@H](Nc2cccc3c2cc(C#CCNc2ccc(C(=O)OC)cc2OC)n3CC(F)(F)F)[C@H](F)C1. The van der Waals surface area contributed by atoms with E-state index in [0.29, 0.717) is 59.7 Å². The molecule has 0 unspecified atom stereocenters. The number of aromatic nitrogens is 1. The van der Waals surface area contributed by atoms with Crippen LogP contribution in [0.1, 0.15) is 22.5 Å². The van der Waals surface area contributed by atoms with Crippen LogP contribution in [-0.4, -0.2) is 87.9 Å². The quantitative estimate of drug-likeness (QED) is 0.197. The third kappa shape index (κ3) is 7.66. The number of benzene rings is 2. The molecule has 8 nitrogen and oxygen atoms in total. The number of ether oxygens (including phenoxy) is 3. The first-order valence-electron chi connectivity index (χ1n) is 13.4. The summed E-state index contributed by atoms with van der Waals surface area (Å²) in [6.45, 7) is 0.980. The Morgan fingerprint density at radius 2 is 1.93 bits per heavy atom. The summed E-state index contributed by atoms with van der Waals surface area (Å²) in [7, 11) is 4.33. The standard InChI is InChI=1S/C30H34F4N4O4/c1-40-15-14-37-13-11-25(23(31)18-37)36-24-7-4-8-27-22(24)17-21(38(27)19-30(32,33)34)6-5-12-35-26-10-9-20(29(39)42-3)16-28(26)41-2/h4,7-10,16-17,23,25,35-36H,11-15,18-19H2,1-3H3/t23-,25+/m1/s1. The van der Waals surface area contributed by atoms with Gasteiger partial charge >= 0.3 is 12.1 Å². The van der Waals surface area contributed by atoms with Gasteiger partial charge in [-0.15, -0.1) is 0 Å². The number of methoxy groups -OCH3 is 3. The number of nitrogens with zero attached hydrogens (tertiary/aromatic N) is 2. The van der Waals surface area contributed by atoms with E-state index in [1.165, 1.54) is 20.3 Å². The Bertz CT molecular complexity index is 1450. The van der Waals surface area contributed by atoms with Crippen molar-refractivity contribution in [3.63, 3.8) is 0 Å². The van der Waals surface area contributed by atoms with Crippen LogP contribution in [0.2, 0.25) is 0 Å². The fourth-order valence-electron chi connectivity index (χ4n) is 4.97. The molecule has 0 saturated carbocycles. The minimum Gasteiger partial charge on any atom is -0.495 e. The van der Waals surface area contributed by atoms with E-state index in [4.69, 9.17) is 14.2 Å². The average Bonchev–Trinajstić information content (AvgIpc) is 3.31. The van der Waals surface area contributed by atoms with Gasteiger partial charge in [-0.25, -0.2) is 9.18 Å². The van der Waals surface area contributed by atoms with Crippen LogP contribution in [-0.2, 0) is 16.0 Å². The van der Waals surface area contributed by atoms with Crippen LogP contribution in [0.25, 0.3) is 10.9 Å². The summed E-state index contributed by atoms with van der Waals surface area (Å²) in [4.78, 5) is 13.8. The second kappa shape index (κ2) is 13.8. The highest BCUT2D eigenvalue weighted by Gasteiger charge is 2.31. The fraction of sp³-hybridized carbons (Fsp3) is 0.433. The summed E-state index contributed by atoms with van der Waals surface area (Å²) in [5, 5.41) is 6.83. The molecule has 0 radical (unpaired) electrons. The number of esters is 1. The van der Waals surface area contributed by atoms with Crippen LogP contribution in [0.3, 0.4) is 0 Å². The highest BCUT2D eigenvalue weighted by molar-refractivity contribution is 5.94. The van der Waals surface area contributed by atoms with Crippen molar-refractivity contribution in [2.75, 3.05) is 64.7 Å². The summed E-state index contributed by atoms with van der Waals surface area (Å²) < 4.78 is 72.0. The minimum atomic E-state index is -4.47. The van der Waals surface area contributed by atoms with Gasteiger partial charge in [-0.1, -0.05) is 12.0 Å². The molecule has 2 heterocycles. The molecule has 2 atom stereocenters. The molecule has 0 spiro atoms. The maximum absolute atomic E-state index is 15.0. The number of rotatable bonds is 10. The lowest BCUT2D eigenvalue weighted by atomic mass is 10.0. The highest BCUT2D eigenvalue weighted by atomic mass is 19.4. The first-order valence-corrected chi connectivity index (χ1v) is 13.4. The predicted octanol–water partition coefficient (Wildman–Crippen LogP) is 4.93. The molecule has 1 aliphatic heterocycles. The second-order valence-electron chi connectivity index (χ2n) is 9.88. The lowest BCUT2D eigenvalue weighted by molar-refractivity contribution is -0.140. The lowest BCUT2D eigenvalue weighted by Crippen LogP contribution is -2.48. The minimum absolute atomic E-state index is 0.0950. The largest absolute Gasteiger partial charge is 0.495 e. The number of nitrogens with one attached hydrogen (secondary N) is 2. The molecule has 2 N–H and O–H groups in total. The number of piperidine rings is 1. The zero-order chi connectivity index (χ0) is 30.3. The number of hydrogen-bond acceptors (Lipinski definition) is 7. The molecule has 1 aliphatic rings. The molecule has 12 heteroatoms. The van der Waals surface area contributed by atoms with E-state index >= 15 is 4.39 Å². The topological polar surface area (TPSA) is 77.0 Å². The monoisotopic (exact) mass is 590 g/mol. The maximum Gasteiger partial charge on any atom is 0.406 e. The number of fused-ring (bicyclic) bond motifs is 1. The molecule has 3 aromatic rings. The van der Waals surface area contributed by atoms with Gasteiger partial charge in [0.05, 0.1) is 55.9 Å². The van der Waals surface area contributed by atoms with E-state index in [1.807, 2.05) is 4.90 Å². The van der Waals surface area contributed by atoms with Crippen LogP contribution in [0, 0.1) is 11.8 Å². The molecule has 2 aromatic carbocycles. The average molecular weight is 591 g/mol. The number of likely N-dealkylation sites (tertiary alicyclic amines) is 1. The fourth-order valence-corrected chi connectivity index (χ4v) is 4.97. The number of carbonyl (C=O) groups excluding carboxylic acids is 1. The summed E-state index contributed by atoms with van der Waals surface area (Å²) in [6, 6.07) is 10.8. The number of hydrogen-bond donors (Lipinski definition) is 2. The van der Waals surface area contributed by atoms with Crippen LogP contribution in [0.4, 0.5) is 28.9 Å². The van der Waals surface area contributed by atoms with E-state index < -0.39 is 30.9 Å². The van der Waals surface area contributed by atoms with Crippen molar-refractivity contribution in [3.8, 4) is 17.6 Å². The molecule has 4 rings (SSSR count). The summed E-state index contributed by atoms with van der Waals surface area (Å²) in [5.41, 5.74) is 1.95. The highest BCUT2D eigenvalue weighted by Crippen LogP contribution is 2.32. The number of anilines is 2. The van der Waals surface area contributed by atoms with Crippen molar-refractivity contribution < 1.29 is 36.6 Å². The van der Waals surface area contributed by atoms with Crippen LogP contribution >= 0.6 is 0 Å². The number of carbonyl (C=O) groups is 1. The van der Waals surface area contributed by atoms with E-state index in [-0.39, 0.29) is 18.8 Å². The zero-order valence-corrected chi connectivity index (χ0v) is 23.7. The van der Waals surface area contributed by atoms with Gasteiger partial charge in [0.15, 0.2) is 0 Å². The first-order chi connectivity index (χ1) is 20.1. The Labute approximate surface area is 241 Å². The van der Waals surface area contributed by atoms with E-state index in [0.717, 1.165) is 4.57 Å². The van der Waals surface area contributed by atoms with Crippen LogP contribution < -0.4 is 15.4 Å². The third-order valence-corrected chi connectivity index (χ3v) is 7.07. The second-order valence-corrected chi connectivity index (χ2v) is 9.88. The molecule has 226 valence electrons. The van der Waals surface area contributed by atoms with E-state index in [9.17, 15) is 18.0 Å². The number of halogens is 4. The van der Waals surface area contributed by atoms with Crippen molar-refractivity contribution in [1.82, 2.24) is 9.47 Å². The molecule has 0 amide bonds. The first kappa shape index (κ1) is 31.0. The van der Waals surface area contributed by atoms with Gasteiger partial charge in [-0.3, -0.25) is 4.90 Å². The van der Waals surface area contributed by atoms with E-state index in [2.05, 4.69) is 22.5 Å². The normalized spacial score (nSPS) is 17.4. The molecule has 0 bridgehead atoms. The Kier molecular flexibility index (Phi) is 10.2. The summed E-state index contributed by atoms with van der Waals surface area (Å²) in [5.74, 6) is 5.60. The van der Waals surface area contributed by atoms with Crippen molar-refractivity contribution >= 4 is 28.2 Å². The van der Waals surface area contributed by atoms with Gasteiger partial charge in [0.1, 0.15) is 18.5 Å². The molecule has 0 aliphatic carbocycles. The molecule has 42 heavy (non-hydrogen) atoms. The van der Waals surface area contributed by atoms with Crippen molar-refractivity contribution in [2.24, 2.45) is 0 Å². The van der Waals surface area contributed by atoms with E-state index in [1.54, 1.807) is 43.5 Å². The third-order valence-electron chi connectivity index (χ3n) is 7.07. The van der Waals surface area contributed by atoms with Gasteiger partial charge in [-0.2, -0.15) is 13.2 Å². The summed E-state index contributed by atoms with van der Waals surface area (Å²) >= 11 is 0. The molecular formula is C30H34F4N4O4. The Morgan fingerprint density at radius 1 is 1.12 bits per heavy atom. The number of alkyl halides is 4. The van der Waals surface area contributed by atoms with Crippen molar-refractivity contribution in [3.05, 3.63) is 53.7 Å². The van der Waals surface area contributed by atoms with Gasteiger partial charge < -0.3 is 29.4 Å². The predicted molar refractivity (Wildman–Crippen MR) is 153 cm³/mol. The molecule has 1 fully saturated rings. The maximum atomic E-state index is 15.0.